The standard InChI is InChI=1S/C34H35FN2O5.Na.H/c1-21(2)37-29(17-16-25(38)18-26(39)19-30(40)41)31(23-8-4-3-5-9-23)32-27-10-6-7-11-28(27)36(34(42)33(32)37)20-22-12-14-24(35)15-13-22;;/h3-15,21,25-26,38-39H,16-20H2,1-2H3,(H,40,41);;/t25-,26-;;/m1../s1. The Morgan fingerprint density at radius 2 is 1.56 bits per heavy atom. The van der Waals surface area contributed by atoms with E-state index in [2.05, 4.69) is 0 Å². The van der Waals surface area contributed by atoms with Crippen molar-refractivity contribution < 1.29 is 24.5 Å². The monoisotopic (exact) mass is 594 g/mol. The Labute approximate surface area is 271 Å². The molecule has 0 radical (unpaired) electrons. The Kier molecular flexibility index (Phi) is 10.6. The van der Waals surface area contributed by atoms with Gasteiger partial charge in [0, 0.05) is 28.1 Å². The second-order valence-corrected chi connectivity index (χ2v) is 11.1. The molecule has 0 bridgehead atoms. The van der Waals surface area contributed by atoms with Gasteiger partial charge in [0.25, 0.3) is 5.56 Å². The summed E-state index contributed by atoms with van der Waals surface area (Å²) in [5.74, 6) is -1.46. The number of halogens is 1. The maximum atomic E-state index is 14.5. The topological polar surface area (TPSA) is 105 Å². The summed E-state index contributed by atoms with van der Waals surface area (Å²) in [7, 11) is 0. The fourth-order valence-corrected chi connectivity index (χ4v) is 5.95. The first-order chi connectivity index (χ1) is 20.2. The number of para-hydroxylation sites is 1. The van der Waals surface area contributed by atoms with Crippen molar-refractivity contribution in [3.05, 3.63) is 106 Å². The molecule has 5 aromatic rings. The summed E-state index contributed by atoms with van der Waals surface area (Å²) in [6.07, 6.45) is -1.87. The summed E-state index contributed by atoms with van der Waals surface area (Å²) >= 11 is 0. The first-order valence-electron chi connectivity index (χ1n) is 14.2. The number of carboxylic acids is 1. The van der Waals surface area contributed by atoms with E-state index in [9.17, 15) is 24.2 Å². The second-order valence-electron chi connectivity index (χ2n) is 11.1. The van der Waals surface area contributed by atoms with Gasteiger partial charge in [-0.2, -0.15) is 0 Å². The molecule has 3 aromatic carbocycles. The van der Waals surface area contributed by atoms with Crippen LogP contribution in [0.2, 0.25) is 0 Å². The molecule has 0 fully saturated rings. The Bertz CT molecular complexity index is 1780. The van der Waals surface area contributed by atoms with E-state index in [0.717, 1.165) is 38.7 Å². The van der Waals surface area contributed by atoms with Crippen molar-refractivity contribution >= 4 is 57.3 Å². The van der Waals surface area contributed by atoms with Gasteiger partial charge in [-0.05, 0) is 62.4 Å². The number of hydrogen-bond acceptors (Lipinski definition) is 4. The van der Waals surface area contributed by atoms with Crippen molar-refractivity contribution in [2.75, 3.05) is 0 Å². The molecule has 9 heteroatoms. The van der Waals surface area contributed by atoms with Gasteiger partial charge in [0.2, 0.25) is 0 Å². The molecule has 0 aliphatic carbocycles. The van der Waals surface area contributed by atoms with Crippen LogP contribution < -0.4 is 5.56 Å². The van der Waals surface area contributed by atoms with E-state index in [0.29, 0.717) is 11.9 Å². The summed E-state index contributed by atoms with van der Waals surface area (Å²) in [5, 5.41) is 31.6. The van der Waals surface area contributed by atoms with Crippen LogP contribution in [0.3, 0.4) is 0 Å². The molecular weight excluding hydrogens is 558 g/mol. The molecular formula is C34H36FN2NaO5. The molecule has 2 atom stereocenters. The number of benzene rings is 3. The number of pyridine rings is 1. The Morgan fingerprint density at radius 3 is 2.21 bits per heavy atom. The summed E-state index contributed by atoms with van der Waals surface area (Å²) in [4.78, 5) is 25.4. The van der Waals surface area contributed by atoms with Gasteiger partial charge >= 0.3 is 35.5 Å². The first kappa shape index (κ1) is 32.6. The predicted octanol–water partition coefficient (Wildman–Crippen LogP) is 5.26. The van der Waals surface area contributed by atoms with Crippen molar-refractivity contribution in [1.29, 1.82) is 0 Å². The number of fused-ring (bicyclic) bond motifs is 3. The van der Waals surface area contributed by atoms with Gasteiger partial charge in [0.05, 0.1) is 30.7 Å². The van der Waals surface area contributed by atoms with Gasteiger partial charge in [-0.15, -0.1) is 0 Å². The van der Waals surface area contributed by atoms with Crippen LogP contribution in [0, 0.1) is 5.82 Å². The van der Waals surface area contributed by atoms with Gasteiger partial charge in [-0.3, -0.25) is 9.59 Å². The molecule has 0 amide bonds. The molecule has 0 spiro atoms. The molecule has 0 saturated carbocycles. The number of hydrogen-bond donors (Lipinski definition) is 3. The summed E-state index contributed by atoms with van der Waals surface area (Å²) in [5.41, 5.74) is 4.71. The predicted molar refractivity (Wildman–Crippen MR) is 169 cm³/mol. The quantitative estimate of drug-likeness (QED) is 0.181. The third-order valence-electron chi connectivity index (χ3n) is 7.72. The fraction of sp³-hybridized carbons (Fsp3) is 0.294. The molecule has 5 rings (SSSR count). The summed E-state index contributed by atoms with van der Waals surface area (Å²) < 4.78 is 17.4. The number of carbonyl (C=O) groups is 1. The Hall–Kier alpha value is -3.27. The third-order valence-corrected chi connectivity index (χ3v) is 7.72. The molecule has 0 unspecified atom stereocenters. The number of aromatic nitrogens is 2. The molecule has 3 N–H and O–H groups in total. The molecule has 220 valence electrons. The van der Waals surface area contributed by atoms with E-state index in [1.165, 1.54) is 12.1 Å². The molecule has 0 aliphatic rings. The van der Waals surface area contributed by atoms with E-state index >= 15 is 0 Å². The van der Waals surface area contributed by atoms with Crippen LogP contribution in [-0.2, 0) is 17.8 Å². The normalized spacial score (nSPS) is 12.9. The number of carboxylic acid groups (broad SMARTS) is 1. The van der Waals surface area contributed by atoms with Gasteiger partial charge in [-0.25, -0.2) is 4.39 Å². The number of aliphatic hydroxyl groups is 2. The van der Waals surface area contributed by atoms with Crippen LogP contribution in [0.1, 0.15) is 50.4 Å². The fourth-order valence-electron chi connectivity index (χ4n) is 5.95. The Balaban J connectivity index is 0.00000423. The molecule has 7 nitrogen and oxygen atoms in total. The van der Waals surface area contributed by atoms with Crippen LogP contribution in [-0.4, -0.2) is 72.2 Å². The zero-order chi connectivity index (χ0) is 30.0. The van der Waals surface area contributed by atoms with Crippen LogP contribution in [0.5, 0.6) is 0 Å². The maximum absolute atomic E-state index is 14.5. The zero-order valence-corrected chi connectivity index (χ0v) is 23.7. The minimum absolute atomic E-state index is 0. The Morgan fingerprint density at radius 1 is 0.907 bits per heavy atom. The van der Waals surface area contributed by atoms with Crippen molar-refractivity contribution in [2.24, 2.45) is 0 Å². The average molecular weight is 595 g/mol. The first-order valence-corrected chi connectivity index (χ1v) is 14.2. The SMILES string of the molecule is CC(C)n1c(CC[C@@H](O)C[C@@H](O)CC(=O)O)c(-c2ccccc2)c2c3ccccc3n(Cc3ccc(F)cc3)c(=O)c21.[NaH]. The molecule has 0 aliphatic heterocycles. The third kappa shape index (κ3) is 6.95. The van der Waals surface area contributed by atoms with Crippen molar-refractivity contribution in [3.63, 3.8) is 0 Å². The van der Waals surface area contributed by atoms with Crippen molar-refractivity contribution in [2.45, 2.75) is 64.3 Å². The van der Waals surface area contributed by atoms with E-state index in [-0.39, 0.29) is 66.4 Å². The van der Waals surface area contributed by atoms with Crippen LogP contribution >= 0.6 is 0 Å². The van der Waals surface area contributed by atoms with E-state index in [4.69, 9.17) is 5.11 Å². The molecule has 2 heterocycles. The second kappa shape index (κ2) is 14.0. The van der Waals surface area contributed by atoms with Crippen LogP contribution in [0.4, 0.5) is 4.39 Å². The number of nitrogens with zero attached hydrogens (tertiary/aromatic N) is 2. The number of rotatable bonds is 11. The van der Waals surface area contributed by atoms with E-state index < -0.39 is 24.6 Å². The minimum atomic E-state index is -1.15. The summed E-state index contributed by atoms with van der Waals surface area (Å²) in [6.45, 7) is 4.31. The van der Waals surface area contributed by atoms with Gasteiger partial charge in [0.15, 0.2) is 0 Å². The molecule has 0 saturated heterocycles. The van der Waals surface area contributed by atoms with Gasteiger partial charge in [-0.1, -0.05) is 60.7 Å². The van der Waals surface area contributed by atoms with Gasteiger partial charge < -0.3 is 24.5 Å². The van der Waals surface area contributed by atoms with Crippen molar-refractivity contribution in [1.82, 2.24) is 9.13 Å². The molecule has 43 heavy (non-hydrogen) atoms. The average Bonchev–Trinajstić information content (AvgIpc) is 3.31. The zero-order valence-electron chi connectivity index (χ0n) is 23.7. The van der Waals surface area contributed by atoms with E-state index in [1.54, 1.807) is 16.7 Å². The number of aliphatic hydroxyl groups excluding tert-OH is 2. The van der Waals surface area contributed by atoms with Crippen LogP contribution in [0.15, 0.2) is 83.7 Å². The number of aliphatic carboxylic acids is 1. The van der Waals surface area contributed by atoms with Gasteiger partial charge in [0.1, 0.15) is 11.3 Å². The summed E-state index contributed by atoms with van der Waals surface area (Å²) in [6, 6.07) is 23.7. The van der Waals surface area contributed by atoms with E-state index in [1.807, 2.05) is 73.0 Å². The molecule has 2 aromatic heterocycles. The van der Waals surface area contributed by atoms with Crippen molar-refractivity contribution in [3.8, 4) is 11.1 Å². The van der Waals surface area contributed by atoms with Crippen LogP contribution in [0.25, 0.3) is 32.9 Å².